The fourth-order valence-corrected chi connectivity index (χ4v) is 3.50. The van der Waals surface area contributed by atoms with Gasteiger partial charge in [0.15, 0.2) is 0 Å². The summed E-state index contributed by atoms with van der Waals surface area (Å²) in [6.07, 6.45) is 0. The fourth-order valence-electron chi connectivity index (χ4n) is 2.56. The number of aryl methyl sites for hydroxylation is 2. The first-order valence-electron chi connectivity index (χ1n) is 8.87. The van der Waals surface area contributed by atoms with Crippen molar-refractivity contribution < 1.29 is 14.3 Å². The molecule has 0 aliphatic heterocycles. The number of carbonyl (C=O) groups excluding carboxylic acids is 2. The van der Waals surface area contributed by atoms with Crippen LogP contribution in [0, 0.1) is 25.2 Å². The summed E-state index contributed by atoms with van der Waals surface area (Å²) in [6, 6.07) is 11.5. The van der Waals surface area contributed by atoms with Crippen LogP contribution in [-0.4, -0.2) is 41.2 Å². The summed E-state index contributed by atoms with van der Waals surface area (Å²) in [5.41, 5.74) is 3.22. The van der Waals surface area contributed by atoms with E-state index < -0.39 is 5.97 Å². The number of esters is 1. The molecule has 0 radical (unpaired) electrons. The van der Waals surface area contributed by atoms with Crippen LogP contribution in [0.4, 0.5) is 0 Å². The number of thioether (sulfide) groups is 1. The van der Waals surface area contributed by atoms with E-state index in [1.54, 1.807) is 25.8 Å². The van der Waals surface area contributed by atoms with Gasteiger partial charge in [-0.2, -0.15) is 5.26 Å². The second-order valence-corrected chi connectivity index (χ2v) is 7.24. The maximum Gasteiger partial charge on any atom is 0.340 e. The van der Waals surface area contributed by atoms with Crippen molar-refractivity contribution in [2.24, 2.45) is 0 Å². The molecule has 7 heteroatoms. The first-order valence-corrected chi connectivity index (χ1v) is 9.86. The van der Waals surface area contributed by atoms with Crippen LogP contribution < -0.4 is 0 Å². The van der Waals surface area contributed by atoms with Gasteiger partial charge in [0.2, 0.25) is 5.91 Å². The molecule has 2 aromatic rings. The third-order valence-electron chi connectivity index (χ3n) is 4.22. The number of hydrogen-bond acceptors (Lipinski definition) is 6. The van der Waals surface area contributed by atoms with E-state index in [9.17, 15) is 14.9 Å². The van der Waals surface area contributed by atoms with E-state index in [0.717, 1.165) is 11.1 Å². The van der Waals surface area contributed by atoms with Crippen molar-refractivity contribution in [3.63, 3.8) is 0 Å². The van der Waals surface area contributed by atoms with Gasteiger partial charge in [-0.1, -0.05) is 36.0 Å². The zero-order chi connectivity index (χ0) is 20.7. The van der Waals surface area contributed by atoms with Crippen molar-refractivity contribution >= 4 is 23.6 Å². The van der Waals surface area contributed by atoms with Gasteiger partial charge in [-0.15, -0.1) is 0 Å². The average molecular weight is 398 g/mol. The summed E-state index contributed by atoms with van der Waals surface area (Å²) < 4.78 is 4.99. The van der Waals surface area contributed by atoms with Gasteiger partial charge in [0.1, 0.15) is 11.1 Å². The van der Waals surface area contributed by atoms with E-state index in [1.165, 1.54) is 17.8 Å². The summed E-state index contributed by atoms with van der Waals surface area (Å²) in [4.78, 5) is 30.5. The lowest BCUT2D eigenvalue weighted by Gasteiger charge is -2.18. The molecule has 0 fully saturated rings. The molecular weight excluding hydrogens is 374 g/mol. The lowest BCUT2D eigenvalue weighted by Crippen LogP contribution is -2.28. The summed E-state index contributed by atoms with van der Waals surface area (Å²) in [7, 11) is 1.75. The molecule has 0 saturated heterocycles. The molecule has 0 aliphatic carbocycles. The summed E-state index contributed by atoms with van der Waals surface area (Å²) in [5, 5.41) is 9.83. The largest absolute Gasteiger partial charge is 0.462 e. The van der Waals surface area contributed by atoms with Crippen molar-refractivity contribution in [2.45, 2.75) is 32.3 Å². The van der Waals surface area contributed by atoms with Crippen LogP contribution in [-0.2, 0) is 16.1 Å². The number of rotatable bonds is 7. The monoisotopic (exact) mass is 397 g/mol. The quantitative estimate of drug-likeness (QED) is 0.525. The summed E-state index contributed by atoms with van der Waals surface area (Å²) in [5.74, 6) is -0.414. The Bertz CT molecular complexity index is 922. The predicted molar refractivity (Wildman–Crippen MR) is 108 cm³/mol. The standard InChI is InChI=1S/C21H23N3O3S/c1-5-27-21(26)18-10-17(11-22)20(23-15(18)3)28-13-19(25)24(4)12-16-9-7-6-8-14(16)2/h6-10H,5,12-13H2,1-4H3. The molecule has 0 spiro atoms. The number of benzene rings is 1. The van der Waals surface area contributed by atoms with Gasteiger partial charge in [0.05, 0.1) is 29.2 Å². The molecular formula is C21H23N3O3S. The molecule has 0 atom stereocenters. The van der Waals surface area contributed by atoms with Crippen molar-refractivity contribution in [3.8, 4) is 6.07 Å². The lowest BCUT2D eigenvalue weighted by molar-refractivity contribution is -0.127. The van der Waals surface area contributed by atoms with Gasteiger partial charge in [-0.3, -0.25) is 4.79 Å². The van der Waals surface area contributed by atoms with E-state index in [-0.39, 0.29) is 29.4 Å². The van der Waals surface area contributed by atoms with Crippen LogP contribution in [0.25, 0.3) is 0 Å². The molecule has 1 aromatic carbocycles. The van der Waals surface area contributed by atoms with E-state index >= 15 is 0 Å². The first-order chi connectivity index (χ1) is 13.4. The van der Waals surface area contributed by atoms with Crippen LogP contribution >= 0.6 is 11.8 Å². The van der Waals surface area contributed by atoms with Gasteiger partial charge in [-0.25, -0.2) is 9.78 Å². The number of ether oxygens (including phenoxy) is 1. The highest BCUT2D eigenvalue weighted by atomic mass is 32.2. The molecule has 0 aliphatic rings. The second-order valence-electron chi connectivity index (χ2n) is 6.27. The van der Waals surface area contributed by atoms with Crippen molar-refractivity contribution in [3.05, 3.63) is 58.3 Å². The lowest BCUT2D eigenvalue weighted by atomic mass is 10.1. The first kappa shape index (κ1) is 21.5. The van der Waals surface area contributed by atoms with Crippen LogP contribution in [0.5, 0.6) is 0 Å². The molecule has 1 amide bonds. The Morgan fingerprint density at radius 3 is 2.64 bits per heavy atom. The highest BCUT2D eigenvalue weighted by molar-refractivity contribution is 7.99. The molecule has 1 aromatic heterocycles. The van der Waals surface area contributed by atoms with Gasteiger partial charge in [-0.05, 0) is 38.0 Å². The maximum atomic E-state index is 12.5. The minimum absolute atomic E-state index is 0.0638. The van der Waals surface area contributed by atoms with Crippen LogP contribution in [0.1, 0.15) is 39.7 Å². The third kappa shape index (κ3) is 5.33. The van der Waals surface area contributed by atoms with E-state index in [0.29, 0.717) is 17.3 Å². The van der Waals surface area contributed by atoms with Gasteiger partial charge in [0.25, 0.3) is 0 Å². The number of carbonyl (C=O) groups is 2. The number of amides is 1. The Kier molecular flexibility index (Phi) is 7.59. The smallest absolute Gasteiger partial charge is 0.340 e. The molecule has 6 nitrogen and oxygen atoms in total. The van der Waals surface area contributed by atoms with Gasteiger partial charge in [0, 0.05) is 13.6 Å². The van der Waals surface area contributed by atoms with Crippen LogP contribution in [0.3, 0.4) is 0 Å². The molecule has 0 unspecified atom stereocenters. The van der Waals surface area contributed by atoms with E-state index in [1.807, 2.05) is 37.3 Å². The number of pyridine rings is 1. The second kappa shape index (κ2) is 9.90. The zero-order valence-corrected chi connectivity index (χ0v) is 17.3. The van der Waals surface area contributed by atoms with Gasteiger partial charge < -0.3 is 9.64 Å². The molecule has 146 valence electrons. The fraction of sp³-hybridized carbons (Fsp3) is 0.333. The van der Waals surface area contributed by atoms with E-state index in [2.05, 4.69) is 4.98 Å². The predicted octanol–water partition coefficient (Wildman–Crippen LogP) is 3.50. The Hall–Kier alpha value is -2.85. The molecule has 1 heterocycles. The number of hydrogen-bond donors (Lipinski definition) is 0. The number of nitrogens with zero attached hydrogens (tertiary/aromatic N) is 3. The highest BCUT2D eigenvalue weighted by Gasteiger charge is 2.18. The minimum atomic E-state index is -0.505. The Morgan fingerprint density at radius 2 is 2.00 bits per heavy atom. The zero-order valence-electron chi connectivity index (χ0n) is 16.5. The van der Waals surface area contributed by atoms with Crippen LogP contribution in [0.2, 0.25) is 0 Å². The normalized spacial score (nSPS) is 10.2. The number of aromatic nitrogens is 1. The van der Waals surface area contributed by atoms with Crippen molar-refractivity contribution in [2.75, 3.05) is 19.4 Å². The Morgan fingerprint density at radius 1 is 1.29 bits per heavy atom. The molecule has 0 bridgehead atoms. The maximum absolute atomic E-state index is 12.5. The Labute approximate surface area is 169 Å². The number of nitriles is 1. The minimum Gasteiger partial charge on any atom is -0.462 e. The third-order valence-corrected chi connectivity index (χ3v) is 5.20. The van der Waals surface area contributed by atoms with Crippen molar-refractivity contribution in [1.82, 2.24) is 9.88 Å². The molecule has 28 heavy (non-hydrogen) atoms. The van der Waals surface area contributed by atoms with Crippen molar-refractivity contribution in [1.29, 1.82) is 5.26 Å². The highest BCUT2D eigenvalue weighted by Crippen LogP contribution is 2.24. The average Bonchev–Trinajstić information content (AvgIpc) is 2.67. The molecule has 2 rings (SSSR count). The van der Waals surface area contributed by atoms with Crippen LogP contribution in [0.15, 0.2) is 35.4 Å². The SMILES string of the molecule is CCOC(=O)c1cc(C#N)c(SCC(=O)N(C)Cc2ccccc2C)nc1C. The summed E-state index contributed by atoms with van der Waals surface area (Å²) in [6.45, 7) is 6.18. The summed E-state index contributed by atoms with van der Waals surface area (Å²) >= 11 is 1.19. The van der Waals surface area contributed by atoms with Gasteiger partial charge >= 0.3 is 5.97 Å². The Balaban J connectivity index is 2.08. The van der Waals surface area contributed by atoms with E-state index in [4.69, 9.17) is 4.74 Å². The molecule has 0 N–H and O–H groups in total. The molecule has 0 saturated carbocycles. The topological polar surface area (TPSA) is 83.3 Å².